The van der Waals surface area contributed by atoms with E-state index in [1.54, 1.807) is 17.4 Å². The number of rotatable bonds is 7. The third-order valence-corrected chi connectivity index (χ3v) is 4.89. The number of hydrogen-bond donors (Lipinski definition) is 2. The zero-order chi connectivity index (χ0) is 24.9. The summed E-state index contributed by atoms with van der Waals surface area (Å²) in [5, 5.41) is 4.18. The molecule has 0 saturated carbocycles. The number of hydrogen-bond acceptors (Lipinski definition) is 3. The molecule has 0 aromatic heterocycles. The summed E-state index contributed by atoms with van der Waals surface area (Å²) in [6.45, 7) is 2.09. The average Bonchev–Trinajstić information content (AvgIpc) is 2.78. The largest absolute Gasteiger partial charge is 0.489 e. The van der Waals surface area contributed by atoms with E-state index in [0.717, 1.165) is 23.3 Å². The van der Waals surface area contributed by atoms with Crippen molar-refractivity contribution in [2.75, 3.05) is 11.9 Å². The number of amides is 2. The van der Waals surface area contributed by atoms with Crippen molar-refractivity contribution in [3.63, 3.8) is 0 Å². The van der Waals surface area contributed by atoms with Gasteiger partial charge in [-0.05, 0) is 49.7 Å². The SMILES string of the molecule is Cc1cccc(COc2cccc(C(=O)Nc3cc(C(=O)NCC(F)(F)F)cc(F)c3C)c2)c1. The highest BCUT2D eigenvalue weighted by Gasteiger charge is 2.28. The molecule has 9 heteroatoms. The Morgan fingerprint density at radius 2 is 1.65 bits per heavy atom. The van der Waals surface area contributed by atoms with Gasteiger partial charge in [0.1, 0.15) is 24.7 Å². The number of alkyl halides is 3. The molecule has 3 aromatic carbocycles. The highest BCUT2D eigenvalue weighted by molar-refractivity contribution is 6.05. The van der Waals surface area contributed by atoms with Crippen molar-refractivity contribution < 1.29 is 31.9 Å². The van der Waals surface area contributed by atoms with Crippen LogP contribution in [0.2, 0.25) is 0 Å². The van der Waals surface area contributed by atoms with Crippen molar-refractivity contribution in [3.05, 3.63) is 94.3 Å². The highest BCUT2D eigenvalue weighted by Crippen LogP contribution is 2.23. The van der Waals surface area contributed by atoms with Crippen LogP contribution in [0.5, 0.6) is 5.75 Å². The predicted molar refractivity (Wildman–Crippen MR) is 119 cm³/mol. The van der Waals surface area contributed by atoms with Crippen molar-refractivity contribution in [3.8, 4) is 5.75 Å². The Morgan fingerprint density at radius 1 is 0.912 bits per heavy atom. The molecule has 0 saturated heterocycles. The van der Waals surface area contributed by atoms with E-state index in [0.29, 0.717) is 12.4 Å². The summed E-state index contributed by atoms with van der Waals surface area (Å²) in [4.78, 5) is 24.8. The molecule has 0 bridgehead atoms. The van der Waals surface area contributed by atoms with Crippen molar-refractivity contribution >= 4 is 17.5 Å². The lowest BCUT2D eigenvalue weighted by Gasteiger charge is -2.13. The standard InChI is InChI=1S/C25H22F4N2O3/c1-15-5-3-6-17(9-15)13-34-20-8-4-7-18(10-20)24(33)31-22-12-19(11-21(26)16(22)2)23(32)30-14-25(27,28)29/h3-12H,13-14H2,1-2H3,(H,30,32)(H,31,33). The third-order valence-electron chi connectivity index (χ3n) is 4.89. The summed E-state index contributed by atoms with van der Waals surface area (Å²) in [5.74, 6) is -2.11. The Balaban J connectivity index is 1.73. The number of aryl methyl sites for hydroxylation is 1. The minimum atomic E-state index is -4.61. The highest BCUT2D eigenvalue weighted by atomic mass is 19.4. The number of anilines is 1. The normalized spacial score (nSPS) is 11.1. The van der Waals surface area contributed by atoms with Crippen molar-refractivity contribution in [2.45, 2.75) is 26.6 Å². The lowest BCUT2D eigenvalue weighted by molar-refractivity contribution is -0.123. The van der Waals surface area contributed by atoms with Gasteiger partial charge < -0.3 is 15.4 Å². The molecule has 0 unspecified atom stereocenters. The number of ether oxygens (including phenoxy) is 1. The van der Waals surface area contributed by atoms with Crippen LogP contribution in [-0.4, -0.2) is 24.5 Å². The Labute approximate surface area is 193 Å². The molecule has 2 N–H and O–H groups in total. The van der Waals surface area contributed by atoms with Crippen LogP contribution in [0.4, 0.5) is 23.2 Å². The number of benzene rings is 3. The zero-order valence-electron chi connectivity index (χ0n) is 18.4. The van der Waals surface area contributed by atoms with Crippen LogP contribution in [0.25, 0.3) is 0 Å². The van der Waals surface area contributed by atoms with Crippen LogP contribution >= 0.6 is 0 Å². The fraction of sp³-hybridized carbons (Fsp3) is 0.200. The number of halogens is 4. The van der Waals surface area contributed by atoms with Crippen LogP contribution in [0.15, 0.2) is 60.7 Å². The van der Waals surface area contributed by atoms with Gasteiger partial charge >= 0.3 is 6.18 Å². The molecule has 2 amide bonds. The smallest absolute Gasteiger partial charge is 0.405 e. The molecule has 0 heterocycles. The average molecular weight is 474 g/mol. The van der Waals surface area contributed by atoms with Gasteiger partial charge in [0, 0.05) is 22.4 Å². The van der Waals surface area contributed by atoms with Crippen molar-refractivity contribution in [1.29, 1.82) is 0 Å². The monoisotopic (exact) mass is 474 g/mol. The van der Waals surface area contributed by atoms with Crippen LogP contribution in [-0.2, 0) is 6.61 Å². The molecule has 5 nitrogen and oxygen atoms in total. The second-order valence-electron chi connectivity index (χ2n) is 7.69. The van der Waals surface area contributed by atoms with Crippen molar-refractivity contribution in [1.82, 2.24) is 5.32 Å². The second kappa shape index (κ2) is 10.4. The maximum Gasteiger partial charge on any atom is 0.405 e. The van der Waals surface area contributed by atoms with Crippen LogP contribution in [0.1, 0.15) is 37.4 Å². The van der Waals surface area contributed by atoms with Gasteiger partial charge in [0.15, 0.2) is 0 Å². The molecular formula is C25H22F4N2O3. The Hall–Kier alpha value is -3.88. The summed E-state index contributed by atoms with van der Waals surface area (Å²) in [5.41, 5.74) is 1.92. The summed E-state index contributed by atoms with van der Waals surface area (Å²) in [6.07, 6.45) is -4.61. The quantitative estimate of drug-likeness (QED) is 0.440. The third kappa shape index (κ3) is 6.81. The topological polar surface area (TPSA) is 67.4 Å². The molecule has 0 aliphatic heterocycles. The van der Waals surface area contributed by atoms with E-state index in [1.807, 2.05) is 31.2 Å². The van der Waals surface area contributed by atoms with Crippen LogP contribution < -0.4 is 15.4 Å². The molecule has 0 aliphatic carbocycles. The maximum atomic E-state index is 14.3. The Bertz CT molecular complexity index is 1210. The lowest BCUT2D eigenvalue weighted by atomic mass is 10.1. The summed E-state index contributed by atoms with van der Waals surface area (Å²) in [7, 11) is 0. The van der Waals surface area contributed by atoms with Gasteiger partial charge in [-0.15, -0.1) is 0 Å². The van der Waals surface area contributed by atoms with Gasteiger partial charge in [0.25, 0.3) is 11.8 Å². The van der Waals surface area contributed by atoms with Gasteiger partial charge in [-0.1, -0.05) is 35.9 Å². The molecular weight excluding hydrogens is 452 g/mol. The van der Waals surface area contributed by atoms with Gasteiger partial charge in [0.2, 0.25) is 0 Å². The first-order valence-corrected chi connectivity index (χ1v) is 10.3. The molecule has 34 heavy (non-hydrogen) atoms. The van der Waals surface area contributed by atoms with E-state index in [2.05, 4.69) is 5.32 Å². The minimum Gasteiger partial charge on any atom is -0.489 e. The van der Waals surface area contributed by atoms with E-state index in [4.69, 9.17) is 4.74 Å². The predicted octanol–water partition coefficient (Wildman–Crippen LogP) is 5.57. The van der Waals surface area contributed by atoms with E-state index in [9.17, 15) is 27.2 Å². The maximum absolute atomic E-state index is 14.3. The fourth-order valence-corrected chi connectivity index (χ4v) is 3.11. The Morgan fingerprint density at radius 3 is 2.35 bits per heavy atom. The summed E-state index contributed by atoms with van der Waals surface area (Å²) >= 11 is 0. The molecule has 3 aromatic rings. The van der Waals surface area contributed by atoms with Crippen molar-refractivity contribution in [2.24, 2.45) is 0 Å². The van der Waals surface area contributed by atoms with Crippen LogP contribution in [0, 0.1) is 19.7 Å². The van der Waals surface area contributed by atoms with E-state index < -0.39 is 30.4 Å². The van der Waals surface area contributed by atoms with Gasteiger partial charge in [-0.3, -0.25) is 9.59 Å². The van der Waals surface area contributed by atoms with E-state index >= 15 is 0 Å². The molecule has 0 spiro atoms. The first kappa shape index (κ1) is 24.8. The van der Waals surface area contributed by atoms with E-state index in [-0.39, 0.29) is 22.4 Å². The van der Waals surface area contributed by atoms with Gasteiger partial charge in [-0.2, -0.15) is 13.2 Å². The second-order valence-corrected chi connectivity index (χ2v) is 7.69. The summed E-state index contributed by atoms with van der Waals surface area (Å²) in [6, 6.07) is 16.1. The first-order chi connectivity index (χ1) is 16.0. The number of carbonyl (C=O) groups is 2. The van der Waals surface area contributed by atoms with E-state index in [1.165, 1.54) is 19.1 Å². The molecule has 0 atom stereocenters. The first-order valence-electron chi connectivity index (χ1n) is 10.3. The zero-order valence-corrected chi connectivity index (χ0v) is 18.4. The molecule has 0 fully saturated rings. The van der Waals surface area contributed by atoms with Crippen LogP contribution in [0.3, 0.4) is 0 Å². The molecule has 0 aliphatic rings. The molecule has 178 valence electrons. The van der Waals surface area contributed by atoms with Gasteiger partial charge in [-0.25, -0.2) is 4.39 Å². The number of carbonyl (C=O) groups excluding carboxylic acids is 2. The summed E-state index contributed by atoms with van der Waals surface area (Å²) < 4.78 is 57.1. The molecule has 3 rings (SSSR count). The lowest BCUT2D eigenvalue weighted by Crippen LogP contribution is -2.33. The Kier molecular flexibility index (Phi) is 7.55. The molecule has 0 radical (unpaired) electrons. The fourth-order valence-electron chi connectivity index (χ4n) is 3.11. The number of nitrogens with one attached hydrogen (secondary N) is 2. The van der Waals surface area contributed by atoms with Gasteiger partial charge in [0.05, 0.1) is 0 Å². The minimum absolute atomic E-state index is 0.0340.